The van der Waals surface area contributed by atoms with Crippen LogP contribution in [0.3, 0.4) is 0 Å². The number of sulfonamides is 3. The zero-order valence-electron chi connectivity index (χ0n) is 90.6. The second-order valence-corrected chi connectivity index (χ2v) is 54.3. The first kappa shape index (κ1) is 134. The first-order chi connectivity index (χ1) is 64.8. The first-order valence-electron chi connectivity index (χ1n) is 52.1. The van der Waals surface area contributed by atoms with Crippen LogP contribution < -0.4 is 16.0 Å². The van der Waals surface area contributed by atoms with E-state index in [-0.39, 0.29) is 55.7 Å². The summed E-state index contributed by atoms with van der Waals surface area (Å²) < 4.78 is 198. The van der Waals surface area contributed by atoms with Crippen LogP contribution in [0.25, 0.3) is 0 Å². The van der Waals surface area contributed by atoms with Crippen molar-refractivity contribution in [2.24, 2.45) is 101 Å². The van der Waals surface area contributed by atoms with Crippen LogP contribution in [0.5, 0.6) is 0 Å². The Kier molecular flexibility index (Phi) is 66.0. The number of rotatable bonds is 3. The molecule has 0 bridgehead atoms. The largest absolute Gasteiger partial charge is 0.471 e. The molecule has 5 amide bonds. The zero-order chi connectivity index (χ0) is 107. The lowest BCUT2D eigenvalue weighted by Crippen LogP contribution is -2.53. The van der Waals surface area contributed by atoms with Crippen molar-refractivity contribution in [1.82, 2.24) is 58.3 Å². The van der Waals surface area contributed by atoms with Crippen molar-refractivity contribution in [3.63, 3.8) is 0 Å². The van der Waals surface area contributed by atoms with Gasteiger partial charge in [-0.3, -0.25) is 24.0 Å². The fourth-order valence-corrected chi connectivity index (χ4v) is 23.0. The number of piperidine rings is 3. The van der Waals surface area contributed by atoms with Gasteiger partial charge in [-0.25, -0.2) is 55.0 Å². The Labute approximate surface area is 845 Å². The summed E-state index contributed by atoms with van der Waals surface area (Å²) in [5.74, 6) is 10.7. The van der Waals surface area contributed by atoms with Gasteiger partial charge in [0.1, 0.15) is 9.84 Å². The number of hydrogen-bond donors (Lipinski definition) is 3. The predicted molar refractivity (Wildman–Crippen MR) is 551 cm³/mol. The van der Waals surface area contributed by atoms with Crippen LogP contribution in [0, 0.1) is 101 Å². The highest BCUT2D eigenvalue weighted by Crippen LogP contribution is 2.28. The normalized spacial score (nSPS) is 26.4. The third-order valence-corrected chi connectivity index (χ3v) is 34.5. The highest BCUT2D eigenvalue weighted by molar-refractivity contribution is 7.91. The summed E-state index contributed by atoms with van der Waals surface area (Å²) in [7, 11) is -11.7. The third-order valence-electron chi connectivity index (χ3n) is 27.0. The maximum absolute atomic E-state index is 11.8. The summed E-state index contributed by atoms with van der Waals surface area (Å²) in [5, 5.41) is 9.75. The minimum absolute atomic E-state index is 0.191. The van der Waals surface area contributed by atoms with Gasteiger partial charge in [0.15, 0.2) is 9.84 Å². The maximum Gasteiger partial charge on any atom is 0.471 e. The number of amides is 5. The number of ether oxygens (including phenoxy) is 3. The van der Waals surface area contributed by atoms with E-state index in [0.717, 1.165) is 180 Å². The van der Waals surface area contributed by atoms with Gasteiger partial charge < -0.3 is 59.6 Å². The van der Waals surface area contributed by atoms with Crippen LogP contribution in [-0.2, 0) is 87.9 Å². The molecular weight excluding hydrogens is 1920 g/mol. The number of halogens is 6. The summed E-state index contributed by atoms with van der Waals surface area (Å²) in [4.78, 5) is 62.8. The van der Waals surface area contributed by atoms with E-state index in [1.54, 1.807) is 32.0 Å². The van der Waals surface area contributed by atoms with Crippen LogP contribution in [0.15, 0.2) is 0 Å². The van der Waals surface area contributed by atoms with Crippen molar-refractivity contribution in [2.75, 3.05) is 246 Å². The minimum atomic E-state index is -4.70. The van der Waals surface area contributed by atoms with Gasteiger partial charge in [-0.2, -0.15) is 26.3 Å². The zero-order valence-corrected chi connectivity index (χ0v) is 94.6. The molecule has 17 rings (SSSR count). The average Bonchev–Trinajstić information content (AvgIpc) is 1.14. The highest BCUT2D eigenvalue weighted by atomic mass is 32.2. The highest BCUT2D eigenvalue weighted by Gasteiger charge is 2.46. The Balaban J connectivity index is 0.000000747. The smallest absolute Gasteiger partial charge is 0.381 e. The van der Waals surface area contributed by atoms with E-state index in [4.69, 9.17) is 14.2 Å². The van der Waals surface area contributed by atoms with E-state index in [1.807, 2.05) is 35.5 Å². The molecule has 41 heteroatoms. The van der Waals surface area contributed by atoms with Crippen molar-refractivity contribution in [3.8, 4) is 0 Å². The van der Waals surface area contributed by atoms with Gasteiger partial charge in [-0.15, -0.1) is 0 Å². The number of likely N-dealkylation sites (tertiary alicyclic amines) is 6. The van der Waals surface area contributed by atoms with E-state index in [1.165, 1.54) is 144 Å². The molecule has 0 radical (unpaired) electrons. The molecule has 830 valence electrons. The SMILES string of the molecule is CC(=O)N1CC(C)C1.CC(=O)N1CCC(C)CC1.CC(=O)N1CC[C@@H](C)C1.CC1CCN(S(C)(=O)=O)CC1.CC1CCNCC1.CC1CCOCC1.CC1CCS(=O)(=O)CC1.CC1CN(C(=O)C(F)(F)F)C1.CC1CN(S(C)(=O)=O)C1.CC1CNC1.CC1COC1.C[C@@H]1CCN(C(=O)C(F)(F)F)C1.C[C@@H]1CCN(C)C1.C[C@@H]1CCN(S(C)(=O)=O)C1.C[C@@H]1CCNC1.C[C@@H]1CCOC1.C[C@@H]1CCS(=O)(=O)C1. The molecule has 30 nitrogen and oxygen atoms in total. The number of carbonyl (C=O) groups excluding carboxylic acids is 5. The Hall–Kier alpha value is -3.72. The lowest BCUT2D eigenvalue weighted by atomic mass is 9.99. The maximum atomic E-state index is 11.8. The van der Waals surface area contributed by atoms with Gasteiger partial charge in [0.25, 0.3) is 0 Å². The van der Waals surface area contributed by atoms with Crippen molar-refractivity contribution in [2.45, 2.75) is 260 Å². The van der Waals surface area contributed by atoms with Gasteiger partial charge in [0.05, 0.1) is 55.0 Å². The molecule has 7 atom stereocenters. The first-order valence-corrected chi connectivity index (χ1v) is 61.2. The van der Waals surface area contributed by atoms with Gasteiger partial charge in [-0.1, -0.05) is 118 Å². The Morgan fingerprint density at radius 2 is 0.607 bits per heavy atom. The molecule has 17 saturated heterocycles. The van der Waals surface area contributed by atoms with Gasteiger partial charge in [0, 0.05) is 164 Å². The summed E-state index contributed by atoms with van der Waals surface area (Å²) in [5.41, 5.74) is 0. The van der Waals surface area contributed by atoms with Crippen molar-refractivity contribution in [1.29, 1.82) is 0 Å². The topological polar surface area (TPSA) is 349 Å². The second kappa shape index (κ2) is 68.8. The number of nitrogens with zero attached hydrogens (tertiary/aromatic N) is 9. The molecule has 17 aliphatic heterocycles. The fraction of sp³-hybridized carbons (Fsp3) is 0.949. The molecule has 3 N–H and O–H groups in total. The number of hydrogen-bond acceptors (Lipinski definition) is 22. The lowest BCUT2D eigenvalue weighted by Gasteiger charge is -2.37. The lowest BCUT2D eigenvalue weighted by molar-refractivity contribution is -0.191. The Bertz CT molecular complexity index is 3900. The van der Waals surface area contributed by atoms with Crippen LogP contribution in [0.1, 0.15) is 248 Å². The molecule has 0 unspecified atom stereocenters. The van der Waals surface area contributed by atoms with Crippen LogP contribution >= 0.6 is 0 Å². The molecule has 17 fully saturated rings. The van der Waals surface area contributed by atoms with Crippen molar-refractivity contribution >= 4 is 79.3 Å². The van der Waals surface area contributed by atoms with Crippen LogP contribution in [0.4, 0.5) is 26.3 Å². The Morgan fingerprint density at radius 3 is 0.821 bits per heavy atom. The average molecular weight is 2120 g/mol. The predicted octanol–water partition coefficient (Wildman–Crippen LogP) is 13.1. The molecular formula is C99H194F6N12O18S5. The standard InChI is InChI=1S/C8H15NO.C7H10F3NO.C7H15NO2S.C7H13NO.C6H8F3NO.C6H13NO2S.C6H11NO.2C6H13N.C6H12O2S.C6H12O.C5H11NO2S.C5H11N.C5H10O2S.C5H10O.C4H9N.C4H8O/c1-7-3-5-9(6-4-7)8(2)10;1-5-2-3-11(4-5)6(12)7(8,9)10;1-7-3-5-8(6-4-7)11(2,9)10;1-6-3-4-8(5-6)7(2)9;1-4-2-10(3-4)5(11)6(7,8)9;1-6-3-4-7(5-6)10(2,8)9;1-5-3-7(4-5)6(2)8;1-6-3-4-7(2)5-6;1-6-2-4-7-5-3-6;1-6-2-4-9(7,8)5-3-6;1-6-2-4-7-5-3-6;1-5-3-6(4-5)9(2,7)8;1-5-2-3-6-4-5;1-5-2-3-8(6,7)4-5;1-5-2-3-6-4-5;2*1-4-2-5-3-4/h7H,3-6H2,1-2H3;5H,2-4H2,1H3;7H,3-6H2,1-2H3;6H,3-5H2,1-2H3;4H,2-3H2,1H3;6H,3-5H2,1-2H3;5H,3-4H2,1-2H3;6H,3-5H2,1-2H3;6-7H,2-5H2,1H3;6H,2-5H2,1H3;6H,2-5H2,1H3;5H,3-4H2,1-2H3;5-6H,2-4H2,1H3;5H,2-4H2,1H3;5H,2-4H2,1H3;4-5H,2-3H2,1H3;4H,2-3H2,1H3/t;5-;;6-;;6-;;6-;;;;;3*5-;;/m.1.1.1.1....111../s1. The summed E-state index contributed by atoms with van der Waals surface area (Å²) in [6.45, 7) is 68.3. The molecule has 0 aliphatic carbocycles. The van der Waals surface area contributed by atoms with Crippen LogP contribution in [0.2, 0.25) is 0 Å². The number of nitrogens with one attached hydrogen (secondary N) is 3. The molecule has 17 heterocycles. The van der Waals surface area contributed by atoms with E-state index in [2.05, 4.69) is 118 Å². The van der Waals surface area contributed by atoms with Crippen molar-refractivity contribution < 1.29 is 107 Å². The Morgan fingerprint density at radius 1 is 0.286 bits per heavy atom. The molecule has 0 aromatic rings. The van der Waals surface area contributed by atoms with E-state index in [0.29, 0.717) is 104 Å². The second-order valence-electron chi connectivity index (χ2n) is 43.8. The summed E-state index contributed by atoms with van der Waals surface area (Å²) >= 11 is 0. The molecule has 0 saturated carbocycles. The molecule has 0 aromatic carbocycles. The van der Waals surface area contributed by atoms with Gasteiger partial charge in [-0.05, 0) is 257 Å². The number of alkyl halides is 6. The summed E-state index contributed by atoms with van der Waals surface area (Å²) in [6, 6.07) is 0. The molecule has 17 aliphatic rings. The van der Waals surface area contributed by atoms with Gasteiger partial charge >= 0.3 is 24.2 Å². The van der Waals surface area contributed by atoms with E-state index >= 15 is 0 Å². The molecule has 0 spiro atoms. The molecule has 0 aromatic heterocycles. The van der Waals surface area contributed by atoms with Crippen LogP contribution in [-0.4, -0.2) is 372 Å². The quantitative estimate of drug-likeness (QED) is 0.221. The minimum Gasteiger partial charge on any atom is -0.381 e. The third kappa shape index (κ3) is 65.2. The van der Waals surface area contributed by atoms with Gasteiger partial charge in [0.2, 0.25) is 47.8 Å². The van der Waals surface area contributed by atoms with Crippen molar-refractivity contribution in [3.05, 3.63) is 0 Å². The molecule has 140 heavy (non-hydrogen) atoms. The summed E-state index contributed by atoms with van der Waals surface area (Å²) in [6.07, 6.45) is 13.5. The number of carbonyl (C=O) groups is 5. The number of sulfone groups is 2. The monoisotopic (exact) mass is 2110 g/mol. The fourth-order valence-electron chi connectivity index (χ4n) is 16.4. The van der Waals surface area contributed by atoms with E-state index < -0.39 is 73.9 Å². The van der Waals surface area contributed by atoms with E-state index in [9.17, 15) is 92.4 Å².